The van der Waals surface area contributed by atoms with Crippen LogP contribution in [-0.4, -0.2) is 69.6 Å². The Labute approximate surface area is 298 Å². The van der Waals surface area contributed by atoms with Gasteiger partial charge in [-0.2, -0.15) is 0 Å². The minimum Gasteiger partial charge on any atom is -0.343 e. The molecule has 13 heteroatoms. The number of carbonyl (C=O) groups is 5. The lowest BCUT2D eigenvalue weighted by molar-refractivity contribution is -0.134. The van der Waals surface area contributed by atoms with Gasteiger partial charge < -0.3 is 31.8 Å². The highest BCUT2D eigenvalue weighted by atomic mass is 16.2. The summed E-state index contributed by atoms with van der Waals surface area (Å²) in [6.45, 7) is 4.19. The Hall–Kier alpha value is -5.40. The van der Waals surface area contributed by atoms with Crippen LogP contribution in [0.1, 0.15) is 61.1 Å². The monoisotopic (exact) mass is 696 g/mol. The molecule has 0 spiro atoms. The molecule has 4 rings (SSSR count). The average Bonchev–Trinajstić information content (AvgIpc) is 3.56. The van der Waals surface area contributed by atoms with Gasteiger partial charge in [0.1, 0.15) is 29.5 Å². The van der Waals surface area contributed by atoms with E-state index in [0.29, 0.717) is 25.0 Å². The van der Waals surface area contributed by atoms with E-state index in [1.165, 1.54) is 6.20 Å². The maximum absolute atomic E-state index is 13.9. The number of hydrogen-bond acceptors (Lipinski definition) is 8. The predicted octanol–water partition coefficient (Wildman–Crippen LogP) is 2.03. The first-order valence-corrected chi connectivity index (χ1v) is 17.3. The number of benzene rings is 2. The molecule has 13 nitrogen and oxygen atoms in total. The molecule has 51 heavy (non-hydrogen) atoms. The molecular weight excluding hydrogens is 648 g/mol. The molecule has 8 N–H and O–H groups in total. The minimum absolute atomic E-state index is 0.0244. The van der Waals surface area contributed by atoms with E-state index in [9.17, 15) is 24.0 Å². The maximum Gasteiger partial charge on any atom is 0.278 e. The van der Waals surface area contributed by atoms with Crippen molar-refractivity contribution in [1.29, 1.82) is 0 Å². The molecular formula is C38H48N8O5. The SMILES string of the molecule is CC(C)C[C@@H](NC(=O)[C@@H](Cc1ccccc1)NC(=O)[C@H](N)Cc1ccccc1)C(=O)N[C@H](CCCCN)C(=O)NC(=O)c1cn2ccccc2n1. The first-order valence-electron chi connectivity index (χ1n) is 17.3. The number of pyridine rings is 1. The van der Waals surface area contributed by atoms with Gasteiger partial charge in [-0.05, 0) is 67.8 Å². The zero-order valence-corrected chi connectivity index (χ0v) is 29.1. The number of amides is 5. The van der Waals surface area contributed by atoms with Crippen molar-refractivity contribution in [1.82, 2.24) is 30.7 Å². The smallest absolute Gasteiger partial charge is 0.278 e. The standard InChI is InChI=1S/C38H48N8O5/c1-25(2)21-30(36(49)42-29(17-9-11-19-39)35(48)45-38(51)32-24-46-20-12-10-18-33(46)41-32)44-37(50)31(23-27-15-7-4-8-16-27)43-34(47)28(40)22-26-13-5-3-6-14-26/h3-8,10,12-16,18,20,24-25,28-31H,9,11,17,19,21-23,39-40H2,1-2H3,(H,42,49)(H,43,47)(H,44,50)(H,45,48,51)/t28-,29-,30-,31-/m1/s1. The number of imidazole rings is 1. The van der Waals surface area contributed by atoms with E-state index in [4.69, 9.17) is 11.5 Å². The predicted molar refractivity (Wildman–Crippen MR) is 194 cm³/mol. The van der Waals surface area contributed by atoms with E-state index >= 15 is 0 Å². The Bertz CT molecular complexity index is 1730. The van der Waals surface area contributed by atoms with Gasteiger partial charge in [-0.3, -0.25) is 29.3 Å². The Morgan fingerprint density at radius 1 is 0.706 bits per heavy atom. The first kappa shape index (κ1) is 38.4. The molecule has 270 valence electrons. The number of fused-ring (bicyclic) bond motifs is 1. The second-order valence-corrected chi connectivity index (χ2v) is 13.0. The Morgan fingerprint density at radius 3 is 1.92 bits per heavy atom. The lowest BCUT2D eigenvalue weighted by Gasteiger charge is -2.27. The van der Waals surface area contributed by atoms with Crippen molar-refractivity contribution in [3.63, 3.8) is 0 Å². The minimum atomic E-state index is -1.09. The zero-order chi connectivity index (χ0) is 36.8. The van der Waals surface area contributed by atoms with E-state index in [1.54, 1.807) is 28.8 Å². The van der Waals surface area contributed by atoms with Gasteiger partial charge in [0.25, 0.3) is 5.91 Å². The lowest BCUT2D eigenvalue weighted by atomic mass is 9.99. The quantitative estimate of drug-likeness (QED) is 0.0848. The summed E-state index contributed by atoms with van der Waals surface area (Å²) in [5, 5.41) is 10.7. The maximum atomic E-state index is 13.9. The van der Waals surface area contributed by atoms with Crippen LogP contribution < -0.4 is 32.7 Å². The van der Waals surface area contributed by atoms with E-state index in [0.717, 1.165) is 11.1 Å². The Morgan fingerprint density at radius 2 is 1.29 bits per heavy atom. The number of rotatable bonds is 18. The van der Waals surface area contributed by atoms with Crippen molar-refractivity contribution in [2.75, 3.05) is 6.54 Å². The summed E-state index contributed by atoms with van der Waals surface area (Å²) in [4.78, 5) is 71.6. The summed E-state index contributed by atoms with van der Waals surface area (Å²) in [5.74, 6) is -3.13. The molecule has 2 heterocycles. The molecule has 0 aliphatic carbocycles. The third kappa shape index (κ3) is 11.9. The number of imide groups is 1. The molecule has 5 amide bonds. The molecule has 2 aromatic carbocycles. The van der Waals surface area contributed by atoms with E-state index in [2.05, 4.69) is 26.3 Å². The van der Waals surface area contributed by atoms with Gasteiger partial charge in [0.2, 0.25) is 23.6 Å². The molecule has 0 bridgehead atoms. The number of unbranched alkanes of at least 4 members (excludes halogenated alkanes) is 1. The highest BCUT2D eigenvalue weighted by Crippen LogP contribution is 2.11. The Kier molecular flexibility index (Phi) is 14.4. The highest BCUT2D eigenvalue weighted by molar-refractivity contribution is 6.06. The number of aromatic nitrogens is 2. The fraction of sp³-hybridized carbons (Fsp3) is 0.368. The molecule has 4 atom stereocenters. The van der Waals surface area contributed by atoms with Crippen LogP contribution in [0.2, 0.25) is 0 Å². The fourth-order valence-corrected chi connectivity index (χ4v) is 5.61. The van der Waals surface area contributed by atoms with Crippen LogP contribution in [0.5, 0.6) is 0 Å². The number of nitrogens with two attached hydrogens (primary N) is 2. The summed E-state index contributed by atoms with van der Waals surface area (Å²) in [6.07, 6.45) is 5.23. The highest BCUT2D eigenvalue weighted by Gasteiger charge is 2.31. The lowest BCUT2D eigenvalue weighted by Crippen LogP contribution is -2.58. The Balaban J connectivity index is 1.48. The third-order valence-corrected chi connectivity index (χ3v) is 8.30. The molecule has 0 fully saturated rings. The van der Waals surface area contributed by atoms with Gasteiger partial charge in [0.05, 0.1) is 6.04 Å². The van der Waals surface area contributed by atoms with Crippen molar-refractivity contribution in [2.24, 2.45) is 17.4 Å². The van der Waals surface area contributed by atoms with Crippen molar-refractivity contribution in [3.8, 4) is 0 Å². The number of nitrogens with one attached hydrogen (secondary N) is 4. The number of nitrogens with zero attached hydrogens (tertiary/aromatic N) is 2. The molecule has 0 unspecified atom stereocenters. The second kappa shape index (κ2) is 19.1. The van der Waals surface area contributed by atoms with E-state index in [1.807, 2.05) is 74.5 Å². The molecule has 0 aliphatic heterocycles. The van der Waals surface area contributed by atoms with Gasteiger partial charge in [0.15, 0.2) is 0 Å². The molecule has 0 saturated carbocycles. The molecule has 4 aromatic rings. The summed E-state index contributed by atoms with van der Waals surface area (Å²) >= 11 is 0. The van der Waals surface area contributed by atoms with Crippen LogP contribution in [0.15, 0.2) is 91.3 Å². The topological polar surface area (TPSA) is 203 Å². The molecule has 0 radical (unpaired) electrons. The number of carbonyl (C=O) groups excluding carboxylic acids is 5. The third-order valence-electron chi connectivity index (χ3n) is 8.30. The van der Waals surface area contributed by atoms with Crippen LogP contribution in [0.3, 0.4) is 0 Å². The molecule has 2 aromatic heterocycles. The van der Waals surface area contributed by atoms with Gasteiger partial charge in [0, 0.05) is 18.8 Å². The van der Waals surface area contributed by atoms with Crippen molar-refractivity contribution < 1.29 is 24.0 Å². The number of hydrogen-bond donors (Lipinski definition) is 6. The van der Waals surface area contributed by atoms with E-state index < -0.39 is 53.7 Å². The second-order valence-electron chi connectivity index (χ2n) is 13.0. The van der Waals surface area contributed by atoms with Crippen LogP contribution >= 0.6 is 0 Å². The normalized spacial score (nSPS) is 13.5. The summed E-state index contributed by atoms with van der Waals surface area (Å²) < 4.78 is 1.66. The van der Waals surface area contributed by atoms with Crippen molar-refractivity contribution >= 4 is 35.2 Å². The van der Waals surface area contributed by atoms with Crippen molar-refractivity contribution in [3.05, 3.63) is 108 Å². The van der Waals surface area contributed by atoms with Crippen LogP contribution in [-0.2, 0) is 32.0 Å². The van der Waals surface area contributed by atoms with Crippen LogP contribution in [0.25, 0.3) is 5.65 Å². The van der Waals surface area contributed by atoms with Crippen LogP contribution in [0, 0.1) is 5.92 Å². The average molecular weight is 697 g/mol. The summed E-state index contributed by atoms with van der Waals surface area (Å²) in [5.41, 5.74) is 14.2. The van der Waals surface area contributed by atoms with Gasteiger partial charge in [-0.25, -0.2) is 4.98 Å². The van der Waals surface area contributed by atoms with E-state index in [-0.39, 0.29) is 37.3 Å². The molecule has 0 saturated heterocycles. The van der Waals surface area contributed by atoms with Gasteiger partial charge >= 0.3 is 0 Å². The van der Waals surface area contributed by atoms with Gasteiger partial charge in [-0.15, -0.1) is 0 Å². The zero-order valence-electron chi connectivity index (χ0n) is 29.1. The van der Waals surface area contributed by atoms with Gasteiger partial charge in [-0.1, -0.05) is 80.6 Å². The first-order chi connectivity index (χ1) is 24.5. The van der Waals surface area contributed by atoms with Crippen LogP contribution in [0.4, 0.5) is 0 Å². The summed E-state index contributed by atoms with van der Waals surface area (Å²) in [6, 6.07) is 19.7. The summed E-state index contributed by atoms with van der Waals surface area (Å²) in [7, 11) is 0. The molecule has 0 aliphatic rings. The fourth-order valence-electron chi connectivity index (χ4n) is 5.61. The van der Waals surface area contributed by atoms with Crippen molar-refractivity contribution in [2.45, 2.75) is 76.5 Å². The largest absolute Gasteiger partial charge is 0.343 e.